The molecule has 1 saturated heterocycles. The summed E-state index contributed by atoms with van der Waals surface area (Å²) < 4.78 is 11.6. The summed E-state index contributed by atoms with van der Waals surface area (Å²) in [5, 5.41) is 0. The van der Waals surface area contributed by atoms with Gasteiger partial charge in [-0.15, -0.1) is 0 Å². The van der Waals surface area contributed by atoms with Crippen LogP contribution in [0.2, 0.25) is 0 Å². The quantitative estimate of drug-likeness (QED) is 0.813. The van der Waals surface area contributed by atoms with E-state index in [-0.39, 0.29) is 6.10 Å². The van der Waals surface area contributed by atoms with Crippen LogP contribution in [0.3, 0.4) is 0 Å². The van der Waals surface area contributed by atoms with Gasteiger partial charge in [-0.1, -0.05) is 12.1 Å². The summed E-state index contributed by atoms with van der Waals surface area (Å²) in [5.74, 6) is 9.01. The highest BCUT2D eigenvalue weighted by Gasteiger charge is 2.19. The zero-order valence-electron chi connectivity index (χ0n) is 11.3. The van der Waals surface area contributed by atoms with Gasteiger partial charge >= 0.3 is 0 Å². The molecule has 0 spiro atoms. The summed E-state index contributed by atoms with van der Waals surface area (Å²) in [6.45, 7) is 0.475. The Bertz CT molecular complexity index is 394. The Morgan fingerprint density at radius 2 is 2.32 bits per heavy atom. The molecule has 2 N–H and O–H groups in total. The first-order valence-electron chi connectivity index (χ1n) is 6.57. The number of nitrogens with two attached hydrogens (primary N) is 1. The molecule has 1 aromatic carbocycles. The molecule has 0 aromatic heterocycles. The average molecular weight is 283 g/mol. The van der Waals surface area contributed by atoms with Crippen LogP contribution in [-0.4, -0.2) is 31.3 Å². The van der Waals surface area contributed by atoms with Crippen LogP contribution in [0, 0.1) is 0 Å². The molecule has 0 amide bonds. The monoisotopic (exact) mass is 283 g/mol. The third kappa shape index (κ3) is 4.03. The summed E-state index contributed by atoms with van der Waals surface area (Å²) in [5.41, 5.74) is 1.08. The molecule has 0 radical (unpaired) electrons. The zero-order chi connectivity index (χ0) is 13.5. The fraction of sp³-hybridized carbons (Fsp3) is 0.571. The molecule has 1 aromatic rings. The second-order valence-electron chi connectivity index (χ2n) is 4.53. The van der Waals surface area contributed by atoms with Crippen LogP contribution >= 0.6 is 11.8 Å². The van der Waals surface area contributed by atoms with Crippen LogP contribution in [0.15, 0.2) is 18.2 Å². The van der Waals surface area contributed by atoms with Gasteiger partial charge in [0.15, 0.2) is 11.5 Å². The standard InChI is InChI=1S/C14H21NO3S/c1-16-13-6-2-4-11(7-8-17-15)14(13)18-12-5-3-9-19-10-12/h2,4,6,12H,3,5,7-10,15H2,1H3. The van der Waals surface area contributed by atoms with E-state index in [0.29, 0.717) is 6.61 Å². The molecule has 4 nitrogen and oxygen atoms in total. The fourth-order valence-electron chi connectivity index (χ4n) is 2.19. The lowest BCUT2D eigenvalue weighted by atomic mass is 10.1. The first kappa shape index (κ1) is 14.5. The maximum atomic E-state index is 6.16. The predicted molar refractivity (Wildman–Crippen MR) is 77.8 cm³/mol. The third-order valence-electron chi connectivity index (χ3n) is 3.17. The molecule has 1 atom stereocenters. The van der Waals surface area contributed by atoms with Crippen molar-refractivity contribution in [2.75, 3.05) is 25.2 Å². The number of para-hydroxylation sites is 1. The lowest BCUT2D eigenvalue weighted by molar-refractivity contribution is 0.139. The topological polar surface area (TPSA) is 53.7 Å². The van der Waals surface area contributed by atoms with Gasteiger partial charge in [-0.25, -0.2) is 5.90 Å². The minimum absolute atomic E-state index is 0.271. The van der Waals surface area contributed by atoms with Crippen molar-refractivity contribution in [1.29, 1.82) is 0 Å². The van der Waals surface area contributed by atoms with Crippen LogP contribution in [0.5, 0.6) is 11.5 Å². The molecule has 19 heavy (non-hydrogen) atoms. The van der Waals surface area contributed by atoms with Gasteiger partial charge in [0, 0.05) is 17.7 Å². The zero-order valence-corrected chi connectivity index (χ0v) is 12.1. The highest BCUT2D eigenvalue weighted by molar-refractivity contribution is 7.99. The second-order valence-corrected chi connectivity index (χ2v) is 5.68. The van der Waals surface area contributed by atoms with Crippen molar-refractivity contribution in [3.05, 3.63) is 23.8 Å². The number of thioether (sulfide) groups is 1. The number of methoxy groups -OCH3 is 1. The molecule has 1 heterocycles. The van der Waals surface area contributed by atoms with E-state index in [0.717, 1.165) is 35.7 Å². The molecule has 106 valence electrons. The molecule has 1 fully saturated rings. The smallest absolute Gasteiger partial charge is 0.164 e. The van der Waals surface area contributed by atoms with Crippen molar-refractivity contribution in [1.82, 2.24) is 0 Å². The van der Waals surface area contributed by atoms with Crippen molar-refractivity contribution in [2.24, 2.45) is 5.90 Å². The van der Waals surface area contributed by atoms with Crippen LogP contribution in [0.1, 0.15) is 18.4 Å². The van der Waals surface area contributed by atoms with Gasteiger partial charge in [0.05, 0.1) is 13.7 Å². The second kappa shape index (κ2) is 7.62. The lowest BCUT2D eigenvalue weighted by Crippen LogP contribution is -2.24. The molecule has 0 saturated carbocycles. The minimum atomic E-state index is 0.271. The van der Waals surface area contributed by atoms with E-state index >= 15 is 0 Å². The highest BCUT2D eigenvalue weighted by atomic mass is 32.2. The van der Waals surface area contributed by atoms with E-state index in [1.807, 2.05) is 30.0 Å². The van der Waals surface area contributed by atoms with E-state index < -0.39 is 0 Å². The molecule has 1 aliphatic heterocycles. The number of hydrogen-bond donors (Lipinski definition) is 1. The van der Waals surface area contributed by atoms with Crippen molar-refractivity contribution in [3.63, 3.8) is 0 Å². The minimum Gasteiger partial charge on any atom is -0.493 e. The summed E-state index contributed by atoms with van der Waals surface area (Å²) in [6.07, 6.45) is 3.32. The van der Waals surface area contributed by atoms with Gasteiger partial charge in [-0.2, -0.15) is 11.8 Å². The Hall–Kier alpha value is -0.910. The van der Waals surface area contributed by atoms with Crippen LogP contribution in [-0.2, 0) is 11.3 Å². The number of benzene rings is 1. The number of rotatable bonds is 6. The van der Waals surface area contributed by atoms with Gasteiger partial charge < -0.3 is 14.3 Å². The summed E-state index contributed by atoms with van der Waals surface area (Å²) >= 11 is 1.95. The van der Waals surface area contributed by atoms with Gasteiger partial charge in [-0.05, 0) is 24.7 Å². The highest BCUT2D eigenvalue weighted by Crippen LogP contribution is 2.34. The van der Waals surface area contributed by atoms with E-state index in [2.05, 4.69) is 4.84 Å². The number of ether oxygens (including phenoxy) is 2. The van der Waals surface area contributed by atoms with E-state index in [1.165, 1.54) is 12.2 Å². The van der Waals surface area contributed by atoms with Crippen molar-refractivity contribution in [2.45, 2.75) is 25.4 Å². The first-order valence-corrected chi connectivity index (χ1v) is 7.72. The Morgan fingerprint density at radius 1 is 1.42 bits per heavy atom. The maximum Gasteiger partial charge on any atom is 0.164 e. The molecular weight excluding hydrogens is 262 g/mol. The Kier molecular flexibility index (Phi) is 5.82. The van der Waals surface area contributed by atoms with Crippen molar-refractivity contribution < 1.29 is 14.3 Å². The SMILES string of the molecule is COc1cccc(CCON)c1OC1CCCSC1. The fourth-order valence-corrected chi connectivity index (χ4v) is 3.23. The largest absolute Gasteiger partial charge is 0.493 e. The average Bonchev–Trinajstić information content (AvgIpc) is 2.47. The maximum absolute atomic E-state index is 6.16. The van der Waals surface area contributed by atoms with Crippen LogP contribution in [0.25, 0.3) is 0 Å². The molecule has 1 aliphatic rings. The van der Waals surface area contributed by atoms with Gasteiger partial charge in [0.2, 0.25) is 0 Å². The predicted octanol–water partition coefficient (Wildman–Crippen LogP) is 2.40. The summed E-state index contributed by atoms with van der Waals surface area (Å²) in [7, 11) is 1.67. The van der Waals surface area contributed by atoms with E-state index in [4.69, 9.17) is 15.4 Å². The summed E-state index contributed by atoms with van der Waals surface area (Å²) in [4.78, 5) is 4.66. The van der Waals surface area contributed by atoms with Gasteiger partial charge in [0.1, 0.15) is 6.10 Å². The summed E-state index contributed by atoms with van der Waals surface area (Å²) in [6, 6.07) is 5.93. The van der Waals surface area contributed by atoms with Crippen LogP contribution < -0.4 is 15.4 Å². The molecule has 2 rings (SSSR count). The van der Waals surface area contributed by atoms with Crippen LogP contribution in [0.4, 0.5) is 0 Å². The normalized spacial score (nSPS) is 19.2. The molecule has 0 bridgehead atoms. The number of hydrogen-bond acceptors (Lipinski definition) is 5. The van der Waals surface area contributed by atoms with Gasteiger partial charge in [-0.3, -0.25) is 0 Å². The Balaban J connectivity index is 2.14. The van der Waals surface area contributed by atoms with Crippen molar-refractivity contribution in [3.8, 4) is 11.5 Å². The lowest BCUT2D eigenvalue weighted by Gasteiger charge is -2.25. The van der Waals surface area contributed by atoms with Gasteiger partial charge in [0.25, 0.3) is 0 Å². The van der Waals surface area contributed by atoms with E-state index in [1.54, 1.807) is 7.11 Å². The molecular formula is C14H21NO3S. The van der Waals surface area contributed by atoms with E-state index in [9.17, 15) is 0 Å². The molecule has 1 unspecified atom stereocenters. The Labute approximate surface area is 118 Å². The third-order valence-corrected chi connectivity index (χ3v) is 4.36. The first-order chi connectivity index (χ1) is 9.35. The molecule has 5 heteroatoms. The van der Waals surface area contributed by atoms with Crippen molar-refractivity contribution >= 4 is 11.8 Å². The Morgan fingerprint density at radius 3 is 3.00 bits per heavy atom. The molecule has 0 aliphatic carbocycles.